The van der Waals surface area contributed by atoms with Gasteiger partial charge in [0.1, 0.15) is 0 Å². The molecule has 4 rings (SSSR count). The molecule has 33 heavy (non-hydrogen) atoms. The van der Waals surface area contributed by atoms with E-state index in [4.69, 9.17) is 9.47 Å². The molecule has 2 aromatic carbocycles. The molecule has 0 atom stereocenters. The summed E-state index contributed by atoms with van der Waals surface area (Å²) in [5, 5.41) is 7.62. The summed E-state index contributed by atoms with van der Waals surface area (Å²) >= 11 is 0. The molecule has 9 nitrogen and oxygen atoms in total. The molecule has 0 unspecified atom stereocenters. The summed E-state index contributed by atoms with van der Waals surface area (Å²) in [5.74, 6) is 0.866. The summed E-state index contributed by atoms with van der Waals surface area (Å²) in [7, 11) is 3.05. The fraction of sp³-hybridized carbons (Fsp3) is 0.250. The highest BCUT2D eigenvalue weighted by atomic mass is 16.5. The van der Waals surface area contributed by atoms with E-state index in [0.29, 0.717) is 41.9 Å². The van der Waals surface area contributed by atoms with Crippen molar-refractivity contribution in [3.8, 4) is 11.5 Å². The quantitative estimate of drug-likeness (QED) is 0.423. The number of fused-ring (bicyclic) bond motifs is 1. The Hall–Kier alpha value is -4.14. The Morgan fingerprint density at radius 1 is 1.09 bits per heavy atom. The molecular formula is C24H25N5O4. The van der Waals surface area contributed by atoms with Gasteiger partial charge in [-0.2, -0.15) is 5.10 Å². The van der Waals surface area contributed by atoms with Crippen molar-refractivity contribution < 1.29 is 14.3 Å². The number of rotatable bonds is 9. The second-order valence-corrected chi connectivity index (χ2v) is 7.48. The Balaban J connectivity index is 1.40. The molecular weight excluding hydrogens is 422 g/mol. The zero-order chi connectivity index (χ0) is 23.2. The summed E-state index contributed by atoms with van der Waals surface area (Å²) < 4.78 is 13.9. The fourth-order valence-corrected chi connectivity index (χ4v) is 3.62. The minimum atomic E-state index is -0.189. The van der Waals surface area contributed by atoms with Gasteiger partial charge in [-0.25, -0.2) is 4.98 Å². The van der Waals surface area contributed by atoms with Crippen LogP contribution < -0.4 is 20.3 Å². The maximum absolute atomic E-state index is 12.9. The van der Waals surface area contributed by atoms with Crippen LogP contribution in [0.5, 0.6) is 11.5 Å². The maximum Gasteiger partial charge on any atom is 0.261 e. The van der Waals surface area contributed by atoms with Gasteiger partial charge in [-0.15, -0.1) is 0 Å². The number of nitrogens with zero attached hydrogens (tertiary/aromatic N) is 4. The summed E-state index contributed by atoms with van der Waals surface area (Å²) in [6.45, 7) is 0.939. The molecule has 0 aliphatic heterocycles. The number of benzene rings is 2. The number of carbonyl (C=O) groups excluding carboxylic acids is 1. The lowest BCUT2D eigenvalue weighted by Gasteiger charge is -2.12. The van der Waals surface area contributed by atoms with Crippen molar-refractivity contribution >= 4 is 22.5 Å². The monoisotopic (exact) mass is 447 g/mol. The van der Waals surface area contributed by atoms with Gasteiger partial charge in [0.25, 0.3) is 5.56 Å². The topological polar surface area (TPSA) is 100 Å². The molecule has 1 N–H and O–H groups in total. The van der Waals surface area contributed by atoms with E-state index < -0.39 is 0 Å². The number of anilines is 1. The van der Waals surface area contributed by atoms with Gasteiger partial charge in [0.2, 0.25) is 5.91 Å². The Labute approximate surface area is 190 Å². The molecule has 0 radical (unpaired) electrons. The van der Waals surface area contributed by atoms with Crippen molar-refractivity contribution in [1.82, 2.24) is 19.3 Å². The third-order valence-corrected chi connectivity index (χ3v) is 5.32. The molecule has 0 bridgehead atoms. The highest BCUT2D eigenvalue weighted by molar-refractivity contribution is 5.91. The molecule has 9 heteroatoms. The van der Waals surface area contributed by atoms with Crippen molar-refractivity contribution in [1.29, 1.82) is 0 Å². The van der Waals surface area contributed by atoms with Crippen LogP contribution in [-0.4, -0.2) is 39.5 Å². The van der Waals surface area contributed by atoms with Crippen LogP contribution in [0.1, 0.15) is 18.4 Å². The Kier molecular flexibility index (Phi) is 6.68. The van der Waals surface area contributed by atoms with Crippen molar-refractivity contribution in [2.75, 3.05) is 19.5 Å². The average Bonchev–Trinajstić information content (AvgIpc) is 3.34. The van der Waals surface area contributed by atoms with Crippen LogP contribution in [0, 0.1) is 0 Å². The summed E-state index contributed by atoms with van der Waals surface area (Å²) in [4.78, 5) is 29.8. The first-order valence-electron chi connectivity index (χ1n) is 10.6. The molecule has 0 aliphatic carbocycles. The molecule has 0 saturated heterocycles. The van der Waals surface area contributed by atoms with Crippen molar-refractivity contribution in [2.24, 2.45) is 0 Å². The molecule has 0 fully saturated rings. The number of aryl methyl sites for hydroxylation is 1. The second kappa shape index (κ2) is 9.99. The van der Waals surface area contributed by atoms with Crippen molar-refractivity contribution in [2.45, 2.75) is 25.9 Å². The number of amides is 1. The largest absolute Gasteiger partial charge is 0.493 e. The van der Waals surface area contributed by atoms with E-state index in [1.165, 1.54) is 25.1 Å². The van der Waals surface area contributed by atoms with E-state index in [0.717, 1.165) is 11.3 Å². The Morgan fingerprint density at radius 2 is 1.88 bits per heavy atom. The van der Waals surface area contributed by atoms with Crippen LogP contribution >= 0.6 is 0 Å². The van der Waals surface area contributed by atoms with Gasteiger partial charge in [0.05, 0.1) is 38.0 Å². The predicted molar refractivity (Wildman–Crippen MR) is 125 cm³/mol. The molecule has 2 aromatic heterocycles. The lowest BCUT2D eigenvalue weighted by Crippen LogP contribution is -2.22. The van der Waals surface area contributed by atoms with Crippen LogP contribution in [0.25, 0.3) is 10.9 Å². The van der Waals surface area contributed by atoms with Gasteiger partial charge >= 0.3 is 0 Å². The van der Waals surface area contributed by atoms with Gasteiger partial charge in [-0.1, -0.05) is 18.2 Å². The van der Waals surface area contributed by atoms with Gasteiger partial charge in [0.15, 0.2) is 11.5 Å². The lowest BCUT2D eigenvalue weighted by molar-refractivity contribution is -0.116. The fourth-order valence-electron chi connectivity index (χ4n) is 3.62. The lowest BCUT2D eigenvalue weighted by atomic mass is 10.1. The molecule has 1 amide bonds. The van der Waals surface area contributed by atoms with Crippen LogP contribution in [-0.2, 0) is 17.9 Å². The minimum Gasteiger partial charge on any atom is -0.493 e. The van der Waals surface area contributed by atoms with Crippen LogP contribution in [0.4, 0.5) is 5.69 Å². The first kappa shape index (κ1) is 22.1. The van der Waals surface area contributed by atoms with E-state index in [9.17, 15) is 9.59 Å². The van der Waals surface area contributed by atoms with Crippen LogP contribution in [0.15, 0.2) is 66.0 Å². The summed E-state index contributed by atoms with van der Waals surface area (Å²) in [5.41, 5.74) is 2.06. The smallest absolute Gasteiger partial charge is 0.261 e. The standard InChI is InChI=1S/C24H25N5O4/c1-32-21-13-18-20(14-22(21)33-2)25-16-28(24(18)31)11-5-9-23(30)27-19-8-4-3-7-17(19)15-29-12-6-10-26-29/h3-4,6-8,10,12-14,16H,5,9,11,15H2,1-2H3,(H,27,30). The van der Waals surface area contributed by atoms with E-state index in [2.05, 4.69) is 15.4 Å². The number of ether oxygens (including phenoxy) is 2. The zero-order valence-corrected chi connectivity index (χ0v) is 18.5. The zero-order valence-electron chi connectivity index (χ0n) is 18.5. The van der Waals surface area contributed by atoms with Gasteiger partial charge < -0.3 is 14.8 Å². The third kappa shape index (κ3) is 5.03. The minimum absolute atomic E-state index is 0.115. The van der Waals surface area contributed by atoms with Crippen LogP contribution in [0.2, 0.25) is 0 Å². The second-order valence-electron chi connectivity index (χ2n) is 7.48. The number of hydrogen-bond acceptors (Lipinski definition) is 6. The maximum atomic E-state index is 12.9. The third-order valence-electron chi connectivity index (χ3n) is 5.32. The number of methoxy groups -OCH3 is 2. The Morgan fingerprint density at radius 3 is 2.64 bits per heavy atom. The predicted octanol–water partition coefficient (Wildman–Crippen LogP) is 3.08. The van der Waals surface area contributed by atoms with Gasteiger partial charge in [-0.3, -0.25) is 18.8 Å². The summed E-state index contributed by atoms with van der Waals surface area (Å²) in [6, 6.07) is 12.8. The number of hydrogen-bond donors (Lipinski definition) is 1. The van der Waals surface area contributed by atoms with Gasteiger partial charge in [-0.05, 0) is 30.2 Å². The molecule has 2 heterocycles. The van der Waals surface area contributed by atoms with E-state index in [-0.39, 0.29) is 17.9 Å². The highest BCUT2D eigenvalue weighted by Crippen LogP contribution is 2.29. The van der Waals surface area contributed by atoms with Crippen molar-refractivity contribution in [3.63, 3.8) is 0 Å². The first-order valence-corrected chi connectivity index (χ1v) is 10.6. The normalized spacial score (nSPS) is 10.8. The number of nitrogens with one attached hydrogen (secondary N) is 1. The Bertz CT molecular complexity index is 1310. The molecule has 170 valence electrons. The van der Waals surface area contributed by atoms with E-state index in [1.807, 2.05) is 36.5 Å². The molecule has 4 aromatic rings. The molecule has 0 spiro atoms. The van der Waals surface area contributed by atoms with Crippen molar-refractivity contribution in [3.05, 3.63) is 77.1 Å². The summed E-state index contributed by atoms with van der Waals surface area (Å²) in [6.07, 6.45) is 5.85. The average molecular weight is 447 g/mol. The van der Waals surface area contributed by atoms with Gasteiger partial charge in [0, 0.05) is 37.1 Å². The SMILES string of the molecule is COc1cc2ncn(CCCC(=O)Nc3ccccc3Cn3cccn3)c(=O)c2cc1OC. The van der Waals surface area contributed by atoms with Crippen LogP contribution in [0.3, 0.4) is 0 Å². The number of carbonyl (C=O) groups is 1. The van der Waals surface area contributed by atoms with E-state index >= 15 is 0 Å². The number of para-hydroxylation sites is 1. The van der Waals surface area contributed by atoms with E-state index in [1.54, 1.807) is 23.0 Å². The highest BCUT2D eigenvalue weighted by Gasteiger charge is 2.12. The molecule has 0 saturated carbocycles. The first-order chi connectivity index (χ1) is 16.1. The molecule has 0 aliphatic rings. The number of aromatic nitrogens is 4.